The van der Waals surface area contributed by atoms with Crippen LogP contribution in [0.2, 0.25) is 0 Å². The molecule has 0 bridgehead atoms. The van der Waals surface area contributed by atoms with Crippen molar-refractivity contribution in [3.05, 3.63) is 48.6 Å². The molecule has 2 unspecified atom stereocenters. The number of esters is 2. The summed E-state index contributed by atoms with van der Waals surface area (Å²) < 4.78 is 34.7. The third-order valence-corrected chi connectivity index (χ3v) is 16.6. The van der Waals surface area contributed by atoms with Crippen LogP contribution in [0.15, 0.2) is 48.6 Å². The maximum absolute atomic E-state index is 12.9. The standard InChI is InChI=1S/C71H134NO8P/c1-6-8-10-12-14-16-18-20-22-24-26-28-30-31-32-33-34-35-36-37-38-39-40-41-42-44-46-48-50-52-54-56-58-60-62-64-71(74)80-69(68-79-81(75,76)78-66-65-72(3,4)5)67-77-70(73)63-61-59-57-55-53-51-49-47-45-43-29-27-25-23-21-19-17-15-13-11-9-7-2/h8,10,14,16,20,22,26,28,69H,6-7,9,11-13,15,17-19,21,23-25,27,29-68H2,1-5H3/p+1/b10-8-,16-14-,22-20-,28-26-. The van der Waals surface area contributed by atoms with E-state index in [0.29, 0.717) is 23.9 Å². The van der Waals surface area contributed by atoms with Gasteiger partial charge in [0.15, 0.2) is 6.10 Å². The van der Waals surface area contributed by atoms with Gasteiger partial charge >= 0.3 is 19.8 Å². The van der Waals surface area contributed by atoms with Crippen molar-refractivity contribution in [1.29, 1.82) is 0 Å². The van der Waals surface area contributed by atoms with E-state index in [9.17, 15) is 19.0 Å². The number of phosphoric acid groups is 1. The van der Waals surface area contributed by atoms with E-state index in [1.165, 1.54) is 250 Å². The Bertz CT molecular complexity index is 1510. The molecule has 0 aliphatic carbocycles. The third-order valence-electron chi connectivity index (χ3n) is 15.6. The monoisotopic (exact) mass is 1160 g/mol. The van der Waals surface area contributed by atoms with Gasteiger partial charge in [0, 0.05) is 12.8 Å². The molecule has 0 aliphatic heterocycles. The van der Waals surface area contributed by atoms with Crippen LogP contribution in [0.1, 0.15) is 341 Å². The number of nitrogens with zero attached hydrogens (tertiary/aromatic N) is 1. The molecular weight excluding hydrogens is 1030 g/mol. The van der Waals surface area contributed by atoms with Crippen LogP contribution < -0.4 is 0 Å². The van der Waals surface area contributed by atoms with E-state index < -0.39 is 26.5 Å². The van der Waals surface area contributed by atoms with E-state index in [1.807, 2.05) is 21.1 Å². The molecule has 0 radical (unpaired) electrons. The lowest BCUT2D eigenvalue weighted by atomic mass is 10.0. The van der Waals surface area contributed by atoms with Gasteiger partial charge < -0.3 is 18.9 Å². The molecule has 10 heteroatoms. The molecule has 2 atom stereocenters. The molecule has 0 aliphatic rings. The zero-order valence-corrected chi connectivity index (χ0v) is 55.2. The van der Waals surface area contributed by atoms with Crippen LogP contribution in [0.4, 0.5) is 0 Å². The van der Waals surface area contributed by atoms with E-state index in [2.05, 4.69) is 62.5 Å². The summed E-state index contributed by atoms with van der Waals surface area (Å²) in [5, 5.41) is 0. The second-order valence-electron chi connectivity index (χ2n) is 24.9. The highest BCUT2D eigenvalue weighted by atomic mass is 31.2. The number of carbonyl (C=O) groups is 2. The van der Waals surface area contributed by atoms with Gasteiger partial charge in [-0.3, -0.25) is 18.6 Å². The molecule has 1 N–H and O–H groups in total. The van der Waals surface area contributed by atoms with Crippen LogP contribution >= 0.6 is 7.82 Å². The first-order chi connectivity index (χ1) is 39.5. The normalized spacial score (nSPS) is 13.4. The van der Waals surface area contributed by atoms with E-state index in [0.717, 1.165) is 57.8 Å². The lowest BCUT2D eigenvalue weighted by Crippen LogP contribution is -2.37. The Balaban J connectivity index is 3.96. The maximum atomic E-state index is 12.9. The topological polar surface area (TPSA) is 108 Å². The average Bonchev–Trinajstić information content (AvgIpc) is 3.43. The predicted molar refractivity (Wildman–Crippen MR) is 349 cm³/mol. The molecule has 81 heavy (non-hydrogen) atoms. The smallest absolute Gasteiger partial charge is 0.462 e. The van der Waals surface area contributed by atoms with Gasteiger partial charge in [0.05, 0.1) is 27.7 Å². The summed E-state index contributed by atoms with van der Waals surface area (Å²) >= 11 is 0. The molecule has 0 amide bonds. The summed E-state index contributed by atoms with van der Waals surface area (Å²) in [5.41, 5.74) is 0. The number of ether oxygens (including phenoxy) is 2. The first kappa shape index (κ1) is 79.0. The Morgan fingerprint density at radius 2 is 0.704 bits per heavy atom. The van der Waals surface area contributed by atoms with Crippen LogP contribution in [0, 0.1) is 0 Å². The lowest BCUT2D eigenvalue weighted by Gasteiger charge is -2.24. The van der Waals surface area contributed by atoms with Crippen LogP contribution in [-0.2, 0) is 32.7 Å². The fraction of sp³-hybridized carbons (Fsp3) is 0.859. The number of carbonyl (C=O) groups excluding carboxylic acids is 2. The molecule has 0 rings (SSSR count). The number of rotatable bonds is 65. The molecule has 0 spiro atoms. The van der Waals surface area contributed by atoms with Crippen LogP contribution in [0.5, 0.6) is 0 Å². The van der Waals surface area contributed by atoms with Crippen molar-refractivity contribution >= 4 is 19.8 Å². The molecule has 0 fully saturated rings. The number of quaternary nitrogens is 1. The largest absolute Gasteiger partial charge is 0.472 e. The highest BCUT2D eigenvalue weighted by Crippen LogP contribution is 2.43. The molecule has 476 valence electrons. The Morgan fingerprint density at radius 1 is 0.395 bits per heavy atom. The lowest BCUT2D eigenvalue weighted by molar-refractivity contribution is -0.870. The van der Waals surface area contributed by atoms with Crippen molar-refractivity contribution in [3.63, 3.8) is 0 Å². The number of hydrogen-bond donors (Lipinski definition) is 1. The Morgan fingerprint density at radius 3 is 1.05 bits per heavy atom. The molecule has 0 saturated carbocycles. The highest BCUT2D eigenvalue weighted by Gasteiger charge is 2.27. The van der Waals surface area contributed by atoms with Gasteiger partial charge in [-0.15, -0.1) is 0 Å². The SMILES string of the molecule is CC/C=C\C/C=C\C/C=C\C/C=C\CCCCCCCCCCCCCCCCCCCCCCCCC(=O)OC(COC(=O)CCCCCCCCCCCCCCCCCCCCCCCC)COP(=O)(O)OCC[N+](C)(C)C. The van der Waals surface area contributed by atoms with Crippen molar-refractivity contribution in [3.8, 4) is 0 Å². The van der Waals surface area contributed by atoms with Crippen LogP contribution in [0.3, 0.4) is 0 Å². The second kappa shape index (κ2) is 62.5. The summed E-state index contributed by atoms with van der Waals surface area (Å²) in [5.74, 6) is -0.775. The summed E-state index contributed by atoms with van der Waals surface area (Å²) in [4.78, 5) is 35.8. The fourth-order valence-electron chi connectivity index (χ4n) is 10.3. The van der Waals surface area contributed by atoms with Crippen molar-refractivity contribution in [2.45, 2.75) is 347 Å². The molecule has 9 nitrogen and oxygen atoms in total. The predicted octanol–water partition coefficient (Wildman–Crippen LogP) is 22.4. The van der Waals surface area contributed by atoms with Gasteiger partial charge in [0.1, 0.15) is 19.8 Å². The first-order valence-electron chi connectivity index (χ1n) is 34.9. The minimum atomic E-state index is -4.39. The number of allylic oxidation sites excluding steroid dienone is 8. The zero-order chi connectivity index (χ0) is 59.1. The number of unbranched alkanes of at least 4 members (excludes halogenated alkanes) is 43. The second-order valence-corrected chi connectivity index (χ2v) is 26.4. The minimum Gasteiger partial charge on any atom is -0.462 e. The number of hydrogen-bond acceptors (Lipinski definition) is 7. The van der Waals surface area contributed by atoms with E-state index in [4.69, 9.17) is 18.5 Å². The molecule has 0 heterocycles. The molecule has 0 aromatic carbocycles. The summed E-state index contributed by atoms with van der Waals surface area (Å²) in [7, 11) is 1.50. The Kier molecular flexibility index (Phi) is 60.9. The van der Waals surface area contributed by atoms with E-state index >= 15 is 0 Å². The van der Waals surface area contributed by atoms with Gasteiger partial charge in [-0.1, -0.05) is 326 Å². The fourth-order valence-corrected chi connectivity index (χ4v) is 11.0. The van der Waals surface area contributed by atoms with Gasteiger partial charge in [0.25, 0.3) is 0 Å². The van der Waals surface area contributed by atoms with Crippen molar-refractivity contribution in [2.24, 2.45) is 0 Å². The Labute approximate surface area is 503 Å². The molecular formula is C71H135NO8P+. The zero-order valence-electron chi connectivity index (χ0n) is 54.3. The van der Waals surface area contributed by atoms with Crippen molar-refractivity contribution < 1.29 is 42.1 Å². The maximum Gasteiger partial charge on any atom is 0.472 e. The van der Waals surface area contributed by atoms with Crippen LogP contribution in [0.25, 0.3) is 0 Å². The number of likely N-dealkylation sites (N-methyl/N-ethyl adjacent to an activating group) is 1. The summed E-state index contributed by atoms with van der Waals surface area (Å²) in [6.07, 6.45) is 80.8. The molecule has 0 aromatic heterocycles. The first-order valence-corrected chi connectivity index (χ1v) is 36.4. The van der Waals surface area contributed by atoms with Gasteiger partial charge in [-0.2, -0.15) is 0 Å². The van der Waals surface area contributed by atoms with E-state index in [1.54, 1.807) is 0 Å². The number of phosphoric ester groups is 1. The van der Waals surface area contributed by atoms with Crippen LogP contribution in [-0.4, -0.2) is 74.9 Å². The quantitative estimate of drug-likeness (QED) is 0.0211. The summed E-state index contributed by atoms with van der Waals surface area (Å²) in [6.45, 7) is 4.39. The van der Waals surface area contributed by atoms with Gasteiger partial charge in [-0.25, -0.2) is 4.57 Å². The summed E-state index contributed by atoms with van der Waals surface area (Å²) in [6, 6.07) is 0. The highest BCUT2D eigenvalue weighted by molar-refractivity contribution is 7.47. The van der Waals surface area contributed by atoms with E-state index in [-0.39, 0.29) is 25.6 Å². The van der Waals surface area contributed by atoms with Crippen molar-refractivity contribution in [2.75, 3.05) is 47.5 Å². The molecule has 0 saturated heterocycles. The third kappa shape index (κ3) is 67.0. The van der Waals surface area contributed by atoms with Crippen molar-refractivity contribution in [1.82, 2.24) is 0 Å². The minimum absolute atomic E-state index is 0.0349. The van der Waals surface area contributed by atoms with Gasteiger partial charge in [0.2, 0.25) is 0 Å². The average molecular weight is 1160 g/mol. The molecule has 0 aromatic rings. The Hall–Kier alpha value is -2.03. The van der Waals surface area contributed by atoms with Gasteiger partial charge in [-0.05, 0) is 51.4 Å².